The van der Waals surface area contributed by atoms with E-state index in [2.05, 4.69) is 15.3 Å². The van der Waals surface area contributed by atoms with Gasteiger partial charge in [0.2, 0.25) is 0 Å². The molecule has 0 radical (unpaired) electrons. The van der Waals surface area contributed by atoms with Crippen molar-refractivity contribution in [2.24, 2.45) is 0 Å². The number of H-pyrrole nitrogens is 1. The molecule has 0 bridgehead atoms. The van der Waals surface area contributed by atoms with Crippen LogP contribution in [0.25, 0.3) is 11.0 Å². The van der Waals surface area contributed by atoms with Crippen molar-refractivity contribution in [2.45, 2.75) is 19.4 Å². The van der Waals surface area contributed by atoms with Gasteiger partial charge in [0.1, 0.15) is 11.9 Å². The van der Waals surface area contributed by atoms with Crippen molar-refractivity contribution in [1.82, 2.24) is 15.3 Å². The summed E-state index contributed by atoms with van der Waals surface area (Å²) in [6.45, 7) is 2.59. The number of nitrogens with one attached hydrogen (secondary N) is 2. The van der Waals surface area contributed by atoms with Gasteiger partial charge in [-0.2, -0.15) is 0 Å². The molecule has 1 unspecified atom stereocenters. The van der Waals surface area contributed by atoms with Gasteiger partial charge < -0.3 is 15.4 Å². The van der Waals surface area contributed by atoms with E-state index in [1.807, 2.05) is 19.1 Å². The second-order valence-electron chi connectivity index (χ2n) is 4.37. The third-order valence-electron chi connectivity index (χ3n) is 3.16. The molecule has 3 N–H and O–H groups in total. The van der Waals surface area contributed by atoms with Crippen LogP contribution in [0.3, 0.4) is 0 Å². The van der Waals surface area contributed by atoms with E-state index in [0.29, 0.717) is 6.54 Å². The first-order valence-corrected chi connectivity index (χ1v) is 5.60. The Kier molecular flexibility index (Phi) is 2.16. The van der Waals surface area contributed by atoms with E-state index in [-0.39, 0.29) is 0 Å². The number of carbonyl (C=O) groups is 1. The van der Waals surface area contributed by atoms with Gasteiger partial charge in [0, 0.05) is 6.54 Å². The molecular weight excluding hydrogens is 218 g/mol. The number of imidazole rings is 1. The quantitative estimate of drug-likeness (QED) is 0.687. The molecule has 0 amide bonds. The maximum atomic E-state index is 11.2. The summed E-state index contributed by atoms with van der Waals surface area (Å²) in [6.07, 6.45) is 0.854. The highest BCUT2D eigenvalue weighted by molar-refractivity contribution is 5.82. The van der Waals surface area contributed by atoms with Crippen LogP contribution in [0.1, 0.15) is 23.0 Å². The number of aromatic amines is 1. The lowest BCUT2D eigenvalue weighted by atomic mass is 9.94. The van der Waals surface area contributed by atoms with Gasteiger partial charge in [0.25, 0.3) is 0 Å². The normalized spacial score (nSPS) is 19.2. The summed E-state index contributed by atoms with van der Waals surface area (Å²) in [5.41, 5.74) is 3.73. The molecule has 1 aliphatic heterocycles. The summed E-state index contributed by atoms with van der Waals surface area (Å²) in [5.74, 6) is 0.0136. The lowest BCUT2D eigenvalue weighted by Crippen LogP contribution is -2.34. The smallest absolute Gasteiger partial charge is 0.325 e. The van der Waals surface area contributed by atoms with Crippen LogP contribution in [-0.2, 0) is 11.2 Å². The van der Waals surface area contributed by atoms with Crippen molar-refractivity contribution in [2.75, 3.05) is 6.54 Å². The standard InChI is InChI=1S/C12H13N3O2/c1-6-14-9-4-7-2-3-13-11(12(16)17)8(7)5-10(9)15-6/h4-5,11,13H,2-3H2,1H3,(H,14,15)(H,16,17). The van der Waals surface area contributed by atoms with Crippen LogP contribution in [0.15, 0.2) is 12.1 Å². The summed E-state index contributed by atoms with van der Waals surface area (Å²) in [7, 11) is 0. The van der Waals surface area contributed by atoms with Crippen LogP contribution in [-0.4, -0.2) is 27.6 Å². The Hall–Kier alpha value is -1.88. The van der Waals surface area contributed by atoms with Crippen LogP contribution in [0.5, 0.6) is 0 Å². The minimum atomic E-state index is -0.836. The molecule has 17 heavy (non-hydrogen) atoms. The lowest BCUT2D eigenvalue weighted by molar-refractivity contribution is -0.139. The van der Waals surface area contributed by atoms with Gasteiger partial charge in [0.05, 0.1) is 11.0 Å². The fraction of sp³-hybridized carbons (Fsp3) is 0.333. The average molecular weight is 231 g/mol. The molecule has 0 saturated heterocycles. The second-order valence-corrected chi connectivity index (χ2v) is 4.37. The second kappa shape index (κ2) is 3.56. The highest BCUT2D eigenvalue weighted by atomic mass is 16.4. The number of aromatic nitrogens is 2. The van der Waals surface area contributed by atoms with Crippen LogP contribution < -0.4 is 5.32 Å². The molecule has 0 aliphatic carbocycles. The van der Waals surface area contributed by atoms with Gasteiger partial charge in [-0.3, -0.25) is 4.79 Å². The Balaban J connectivity index is 2.21. The Morgan fingerprint density at radius 2 is 2.35 bits per heavy atom. The van der Waals surface area contributed by atoms with Crippen molar-refractivity contribution in [1.29, 1.82) is 0 Å². The SMILES string of the molecule is Cc1nc2cc3c(cc2[nH]1)CCNC3C(=O)O. The van der Waals surface area contributed by atoms with Crippen molar-refractivity contribution >= 4 is 17.0 Å². The number of aliphatic carboxylic acids is 1. The molecular formula is C12H13N3O2. The fourth-order valence-corrected chi connectivity index (χ4v) is 2.41. The van der Waals surface area contributed by atoms with E-state index >= 15 is 0 Å². The molecule has 1 aliphatic rings. The molecule has 2 heterocycles. The number of carboxylic acid groups (broad SMARTS) is 1. The van der Waals surface area contributed by atoms with E-state index < -0.39 is 12.0 Å². The van der Waals surface area contributed by atoms with Crippen LogP contribution in [0.2, 0.25) is 0 Å². The van der Waals surface area contributed by atoms with Gasteiger partial charge in [-0.05, 0) is 36.6 Å². The Bertz CT molecular complexity index is 603. The minimum absolute atomic E-state index is 0.611. The first-order valence-electron chi connectivity index (χ1n) is 5.60. The molecule has 0 fully saturated rings. The van der Waals surface area contributed by atoms with Gasteiger partial charge in [-0.15, -0.1) is 0 Å². The first-order chi connectivity index (χ1) is 8.15. The summed E-state index contributed by atoms with van der Waals surface area (Å²) >= 11 is 0. The number of aryl methyl sites for hydroxylation is 1. The predicted octanol–water partition coefficient (Wildman–Crippen LogP) is 1.14. The topological polar surface area (TPSA) is 78.0 Å². The number of hydrogen-bond acceptors (Lipinski definition) is 3. The predicted molar refractivity (Wildman–Crippen MR) is 62.9 cm³/mol. The van der Waals surface area contributed by atoms with Gasteiger partial charge in [0.15, 0.2) is 0 Å². The monoisotopic (exact) mass is 231 g/mol. The van der Waals surface area contributed by atoms with Crippen LogP contribution in [0.4, 0.5) is 0 Å². The van der Waals surface area contributed by atoms with Crippen LogP contribution in [0, 0.1) is 6.92 Å². The summed E-state index contributed by atoms with van der Waals surface area (Å²) < 4.78 is 0. The van der Waals surface area contributed by atoms with E-state index in [4.69, 9.17) is 0 Å². The highest BCUT2D eigenvalue weighted by Crippen LogP contribution is 2.27. The molecule has 5 heteroatoms. The molecule has 1 atom stereocenters. The van der Waals surface area contributed by atoms with Crippen molar-refractivity contribution < 1.29 is 9.90 Å². The summed E-state index contributed by atoms with van der Waals surface area (Å²) in [5, 5.41) is 12.2. The zero-order valence-electron chi connectivity index (χ0n) is 9.45. The largest absolute Gasteiger partial charge is 0.480 e. The third kappa shape index (κ3) is 1.59. The van der Waals surface area contributed by atoms with Gasteiger partial charge in [-0.25, -0.2) is 4.98 Å². The van der Waals surface area contributed by atoms with E-state index in [1.165, 1.54) is 0 Å². The Morgan fingerprint density at radius 1 is 1.53 bits per heavy atom. The number of benzene rings is 1. The third-order valence-corrected chi connectivity index (χ3v) is 3.16. The van der Waals surface area contributed by atoms with E-state index in [9.17, 15) is 9.90 Å². The van der Waals surface area contributed by atoms with Crippen molar-refractivity contribution in [3.05, 3.63) is 29.1 Å². The zero-order valence-corrected chi connectivity index (χ0v) is 9.45. The Labute approximate surface area is 97.9 Å². The Morgan fingerprint density at radius 3 is 3.12 bits per heavy atom. The lowest BCUT2D eigenvalue weighted by Gasteiger charge is -2.23. The molecule has 3 rings (SSSR count). The molecule has 0 saturated carbocycles. The zero-order chi connectivity index (χ0) is 12.0. The highest BCUT2D eigenvalue weighted by Gasteiger charge is 2.26. The van der Waals surface area contributed by atoms with Crippen molar-refractivity contribution in [3.8, 4) is 0 Å². The number of fused-ring (bicyclic) bond motifs is 2. The molecule has 1 aromatic heterocycles. The number of rotatable bonds is 1. The first kappa shape index (κ1) is 10.3. The number of hydrogen-bond donors (Lipinski definition) is 3. The van der Waals surface area contributed by atoms with Gasteiger partial charge in [-0.1, -0.05) is 0 Å². The van der Waals surface area contributed by atoms with Crippen molar-refractivity contribution in [3.63, 3.8) is 0 Å². The molecule has 0 spiro atoms. The minimum Gasteiger partial charge on any atom is -0.480 e. The average Bonchev–Trinajstić information content (AvgIpc) is 2.63. The number of carboxylic acids is 1. The van der Waals surface area contributed by atoms with Gasteiger partial charge >= 0.3 is 5.97 Å². The van der Waals surface area contributed by atoms with E-state index in [1.54, 1.807) is 0 Å². The maximum Gasteiger partial charge on any atom is 0.325 e. The molecule has 5 nitrogen and oxygen atoms in total. The molecule has 2 aromatic rings. The summed E-state index contributed by atoms with van der Waals surface area (Å²) in [4.78, 5) is 18.7. The molecule has 88 valence electrons. The van der Waals surface area contributed by atoms with E-state index in [0.717, 1.165) is 34.4 Å². The van der Waals surface area contributed by atoms with Crippen LogP contribution >= 0.6 is 0 Å². The number of nitrogens with zero attached hydrogens (tertiary/aromatic N) is 1. The fourth-order valence-electron chi connectivity index (χ4n) is 2.41. The summed E-state index contributed by atoms with van der Waals surface area (Å²) in [6, 6.07) is 3.28. The maximum absolute atomic E-state index is 11.2. The molecule has 1 aromatic carbocycles.